The van der Waals surface area contributed by atoms with E-state index in [0.717, 1.165) is 59.0 Å². The van der Waals surface area contributed by atoms with Crippen LogP contribution in [0, 0.1) is 5.92 Å². The summed E-state index contributed by atoms with van der Waals surface area (Å²) in [6, 6.07) is 11.9. The maximum Gasteiger partial charge on any atom is 0.252 e. The van der Waals surface area contributed by atoms with Gasteiger partial charge in [0.1, 0.15) is 0 Å². The van der Waals surface area contributed by atoms with E-state index in [1.54, 1.807) is 6.20 Å². The van der Waals surface area contributed by atoms with Crippen molar-refractivity contribution >= 4 is 16.8 Å². The van der Waals surface area contributed by atoms with Gasteiger partial charge >= 0.3 is 0 Å². The summed E-state index contributed by atoms with van der Waals surface area (Å²) in [5.41, 5.74) is 5.10. The van der Waals surface area contributed by atoms with Crippen LogP contribution in [-0.4, -0.2) is 22.4 Å². The minimum absolute atomic E-state index is 0.0119. The zero-order valence-electron chi connectivity index (χ0n) is 15.0. The number of pyridine rings is 2. The van der Waals surface area contributed by atoms with Gasteiger partial charge in [-0.15, -0.1) is 0 Å². The fourth-order valence-electron chi connectivity index (χ4n) is 3.78. The van der Waals surface area contributed by atoms with E-state index in [2.05, 4.69) is 17.2 Å². The molecule has 0 saturated carbocycles. The van der Waals surface area contributed by atoms with E-state index in [1.165, 1.54) is 0 Å². The Bertz CT molecular complexity index is 937. The van der Waals surface area contributed by atoms with Gasteiger partial charge in [-0.05, 0) is 54.9 Å². The van der Waals surface area contributed by atoms with Crippen molar-refractivity contribution in [3.8, 4) is 0 Å². The number of aryl methyl sites for hydroxylation is 1. The van der Waals surface area contributed by atoms with Gasteiger partial charge in [0.15, 0.2) is 0 Å². The summed E-state index contributed by atoms with van der Waals surface area (Å²) >= 11 is 0. The molecule has 0 fully saturated rings. The lowest BCUT2D eigenvalue weighted by atomic mass is 9.84. The van der Waals surface area contributed by atoms with Crippen LogP contribution in [0.1, 0.15) is 40.5 Å². The minimum Gasteiger partial charge on any atom is -0.352 e. The third-order valence-corrected chi connectivity index (χ3v) is 5.15. The zero-order valence-corrected chi connectivity index (χ0v) is 15.0. The van der Waals surface area contributed by atoms with Gasteiger partial charge in [-0.3, -0.25) is 14.8 Å². The standard InChI is InChI=1S/C22H23N3O/c1-15-8-9-20-18(13-15)21(17-6-2-3-7-19(17)25-20)22(26)24-12-10-16-5-4-11-23-14-16/h2-7,11,14-15H,8-10,12-13H2,1H3,(H,24,26). The van der Waals surface area contributed by atoms with Crippen LogP contribution in [0.25, 0.3) is 10.9 Å². The third kappa shape index (κ3) is 3.32. The van der Waals surface area contributed by atoms with E-state index in [1.807, 2.05) is 42.6 Å². The Morgan fingerprint density at radius 1 is 1.23 bits per heavy atom. The monoisotopic (exact) mass is 345 g/mol. The maximum absolute atomic E-state index is 13.1. The van der Waals surface area contributed by atoms with Crippen LogP contribution in [0.5, 0.6) is 0 Å². The van der Waals surface area contributed by atoms with Crippen LogP contribution in [0.2, 0.25) is 0 Å². The smallest absolute Gasteiger partial charge is 0.252 e. The van der Waals surface area contributed by atoms with Crippen molar-refractivity contribution in [1.29, 1.82) is 0 Å². The molecule has 0 radical (unpaired) electrons. The van der Waals surface area contributed by atoms with E-state index in [9.17, 15) is 4.79 Å². The summed E-state index contributed by atoms with van der Waals surface area (Å²) in [7, 11) is 0. The first-order chi connectivity index (χ1) is 12.7. The first-order valence-electron chi connectivity index (χ1n) is 9.30. The third-order valence-electron chi connectivity index (χ3n) is 5.15. The quantitative estimate of drug-likeness (QED) is 0.784. The summed E-state index contributed by atoms with van der Waals surface area (Å²) in [5, 5.41) is 4.07. The average Bonchev–Trinajstić information content (AvgIpc) is 2.67. The first-order valence-corrected chi connectivity index (χ1v) is 9.30. The normalized spacial score (nSPS) is 16.3. The fraction of sp³-hybridized carbons (Fsp3) is 0.318. The molecule has 1 aromatic carbocycles. The van der Waals surface area contributed by atoms with Gasteiger partial charge in [-0.2, -0.15) is 0 Å². The molecular weight excluding hydrogens is 322 g/mol. The van der Waals surface area contributed by atoms with E-state index in [4.69, 9.17) is 4.98 Å². The lowest BCUT2D eigenvalue weighted by Gasteiger charge is -2.24. The number of hydrogen-bond acceptors (Lipinski definition) is 3. The number of carbonyl (C=O) groups excluding carboxylic acids is 1. The molecule has 3 aromatic rings. The Balaban J connectivity index is 1.63. The number of rotatable bonds is 4. The lowest BCUT2D eigenvalue weighted by molar-refractivity contribution is 0.0954. The lowest BCUT2D eigenvalue weighted by Crippen LogP contribution is -2.29. The number of aromatic nitrogens is 2. The van der Waals surface area contributed by atoms with Crippen molar-refractivity contribution in [3.05, 3.63) is 71.2 Å². The predicted octanol–water partition coefficient (Wildman–Crippen LogP) is 3.73. The second kappa shape index (κ2) is 7.24. The Hall–Kier alpha value is -2.75. The molecule has 132 valence electrons. The van der Waals surface area contributed by atoms with Crippen LogP contribution >= 0.6 is 0 Å². The van der Waals surface area contributed by atoms with E-state index < -0.39 is 0 Å². The number of hydrogen-bond donors (Lipinski definition) is 1. The van der Waals surface area contributed by atoms with Crippen LogP contribution in [-0.2, 0) is 19.3 Å². The zero-order chi connectivity index (χ0) is 17.9. The molecule has 0 spiro atoms. The molecule has 4 rings (SSSR count). The molecule has 2 aromatic heterocycles. The summed E-state index contributed by atoms with van der Waals surface area (Å²) in [6.07, 6.45) is 7.41. The second-order valence-corrected chi connectivity index (χ2v) is 7.14. The molecule has 4 heteroatoms. The Morgan fingerprint density at radius 2 is 2.12 bits per heavy atom. The van der Waals surface area contributed by atoms with Gasteiger partial charge in [0.2, 0.25) is 0 Å². The molecule has 0 saturated heterocycles. The molecule has 1 aliphatic rings. The van der Waals surface area contributed by atoms with Crippen molar-refractivity contribution in [2.24, 2.45) is 5.92 Å². The van der Waals surface area contributed by atoms with E-state index >= 15 is 0 Å². The number of benzene rings is 1. The number of amides is 1. The van der Waals surface area contributed by atoms with Crippen LogP contribution in [0.3, 0.4) is 0 Å². The number of para-hydroxylation sites is 1. The molecule has 1 unspecified atom stereocenters. The summed E-state index contributed by atoms with van der Waals surface area (Å²) < 4.78 is 0. The van der Waals surface area contributed by atoms with Gasteiger partial charge in [0.25, 0.3) is 5.91 Å². The highest BCUT2D eigenvalue weighted by Gasteiger charge is 2.25. The predicted molar refractivity (Wildman–Crippen MR) is 103 cm³/mol. The molecule has 1 amide bonds. The van der Waals surface area contributed by atoms with Crippen molar-refractivity contribution in [1.82, 2.24) is 15.3 Å². The van der Waals surface area contributed by atoms with Crippen molar-refractivity contribution in [2.45, 2.75) is 32.6 Å². The molecule has 2 heterocycles. The number of carbonyl (C=O) groups is 1. The molecule has 1 atom stereocenters. The second-order valence-electron chi connectivity index (χ2n) is 7.14. The van der Waals surface area contributed by atoms with Crippen LogP contribution in [0.4, 0.5) is 0 Å². The highest BCUT2D eigenvalue weighted by atomic mass is 16.1. The van der Waals surface area contributed by atoms with Gasteiger partial charge in [0.05, 0.1) is 11.1 Å². The molecule has 0 bridgehead atoms. The van der Waals surface area contributed by atoms with Gasteiger partial charge in [-0.25, -0.2) is 0 Å². The van der Waals surface area contributed by atoms with E-state index in [-0.39, 0.29) is 5.91 Å². The molecule has 4 nitrogen and oxygen atoms in total. The Kier molecular flexibility index (Phi) is 4.65. The number of nitrogens with one attached hydrogen (secondary N) is 1. The van der Waals surface area contributed by atoms with Crippen LogP contribution in [0.15, 0.2) is 48.8 Å². The maximum atomic E-state index is 13.1. The topological polar surface area (TPSA) is 54.9 Å². The largest absolute Gasteiger partial charge is 0.352 e. The highest BCUT2D eigenvalue weighted by Crippen LogP contribution is 2.31. The molecule has 1 N–H and O–H groups in total. The Labute approximate surface area is 153 Å². The molecule has 0 aliphatic heterocycles. The SMILES string of the molecule is CC1CCc2nc3ccccc3c(C(=O)NCCc3cccnc3)c2C1. The number of nitrogens with zero attached hydrogens (tertiary/aromatic N) is 2. The van der Waals surface area contributed by atoms with Crippen molar-refractivity contribution < 1.29 is 4.79 Å². The van der Waals surface area contributed by atoms with Crippen molar-refractivity contribution in [3.63, 3.8) is 0 Å². The van der Waals surface area contributed by atoms with Gasteiger partial charge in [-0.1, -0.05) is 31.2 Å². The summed E-state index contributed by atoms with van der Waals surface area (Å²) in [6.45, 7) is 2.85. The molecular formula is C22H23N3O. The molecule has 26 heavy (non-hydrogen) atoms. The highest BCUT2D eigenvalue weighted by molar-refractivity contribution is 6.07. The minimum atomic E-state index is 0.0119. The average molecular weight is 345 g/mol. The van der Waals surface area contributed by atoms with Gasteiger partial charge in [0, 0.05) is 30.0 Å². The fourth-order valence-corrected chi connectivity index (χ4v) is 3.78. The summed E-state index contributed by atoms with van der Waals surface area (Å²) in [4.78, 5) is 22.0. The van der Waals surface area contributed by atoms with E-state index in [0.29, 0.717) is 12.5 Å². The van der Waals surface area contributed by atoms with Crippen LogP contribution < -0.4 is 5.32 Å². The molecule has 1 aliphatic carbocycles. The summed E-state index contributed by atoms with van der Waals surface area (Å²) in [5.74, 6) is 0.602. The van der Waals surface area contributed by atoms with Crippen molar-refractivity contribution in [2.75, 3.05) is 6.54 Å². The Morgan fingerprint density at radius 3 is 2.96 bits per heavy atom. The van der Waals surface area contributed by atoms with Gasteiger partial charge < -0.3 is 5.32 Å². The number of fused-ring (bicyclic) bond motifs is 2. The first kappa shape index (κ1) is 16.7.